The molecule has 10 atom stereocenters. The summed E-state index contributed by atoms with van der Waals surface area (Å²) in [6.07, 6.45) is 6.89. The van der Waals surface area contributed by atoms with Crippen molar-refractivity contribution in [2.75, 3.05) is 25.5 Å². The maximum atomic E-state index is 16.6. The Morgan fingerprint density at radius 3 is 1.17 bits per heavy atom. The molecule has 1 heterocycles. The zero-order valence-corrected chi connectivity index (χ0v) is 80.3. The summed E-state index contributed by atoms with van der Waals surface area (Å²) in [7, 11) is 0. The number of hydrogen-bond acceptors (Lipinski definition) is 20. The fourth-order valence-electron chi connectivity index (χ4n) is 17.7. The van der Waals surface area contributed by atoms with Crippen molar-refractivity contribution in [2.24, 2.45) is 5.73 Å². The van der Waals surface area contributed by atoms with E-state index in [-0.39, 0.29) is 36.2 Å². The summed E-state index contributed by atoms with van der Waals surface area (Å²) in [6.45, 7) is 15.1. The van der Waals surface area contributed by atoms with Crippen LogP contribution in [0.2, 0.25) is 0 Å². The van der Waals surface area contributed by atoms with Crippen LogP contribution in [-0.2, 0) is 102 Å². The fourth-order valence-corrected chi connectivity index (χ4v) is 28.0. The minimum absolute atomic E-state index is 0.129. The van der Waals surface area contributed by atoms with Crippen LogP contribution >= 0.6 is 12.1 Å². The zero-order valence-electron chi connectivity index (χ0n) is 76.9. The zero-order chi connectivity index (χ0) is 96.6. The molecular formula is C97H121N15O17P2S2. The van der Waals surface area contributed by atoms with Gasteiger partial charge in [-0.05, 0) is 174 Å². The van der Waals surface area contributed by atoms with Crippen molar-refractivity contribution in [1.82, 2.24) is 72.9 Å². The standard InChI is InChI=1S/C97H121N15O17P2S2/c1-56(82(98)114)106-92(124)96(9,10)110-86(118)60(5)103-87(119)79(49-64-50-99-55-100-64)108-89(121)81(54-131(133,67-37-21-15-22-38-67)68-39-23-16-24-40-68)112(95(127)129-52-78-75-47-31-27-43-71(75)72-44-28-32-48-76(72)78)90(122)61(6)105-84(116)58(3)104-88(120)80(53-130(132,65-33-17-13-18-34-65)66-35-19-14-20-36-66)111(94(126)128-51-77-73-45-29-25-41-69(73)70-42-26-30-46-74(70)77)91(123)62(7)107-93(125)97(11,12)109-85(117)59(4)102-83(115)57(2)101-63(8)113/h13-14,17-20,25-36,41-48,50,55-62,67-68,77-81H,15-16,21-24,37-40,49,51-54H2,1-12H3,(H2,98,114)(H,99,100)(H,101,113)(H,102,115)(H,103,119)(H,104,120)(H,105,116)(H,106,124)(H,107,125)(H,108,121)(H,109,117)(H,110,118)/t56-,57-,58-,59-,60-,61-,62-,79-,80+,81-/m0/s1. The number of fused-ring (bicyclic) bond motifs is 6. The van der Waals surface area contributed by atoms with Crippen LogP contribution in [0.4, 0.5) is 9.59 Å². The molecule has 7 aromatic rings. The van der Waals surface area contributed by atoms with Gasteiger partial charge in [0.15, 0.2) is 0 Å². The van der Waals surface area contributed by atoms with Gasteiger partial charge in [0.2, 0.25) is 65.0 Å². The van der Waals surface area contributed by atoms with Gasteiger partial charge in [-0.25, -0.2) is 24.4 Å². The summed E-state index contributed by atoms with van der Waals surface area (Å²) in [4.78, 5) is 230. The first-order valence-electron chi connectivity index (χ1n) is 45.1. The highest BCUT2D eigenvalue weighted by Crippen LogP contribution is 2.64. The highest BCUT2D eigenvalue weighted by molar-refractivity contribution is 8.22. The minimum Gasteiger partial charge on any atom is -0.448 e. The Morgan fingerprint density at radius 1 is 0.429 bits per heavy atom. The van der Waals surface area contributed by atoms with E-state index in [4.69, 9.17) is 38.8 Å². The summed E-state index contributed by atoms with van der Waals surface area (Å²) in [5.74, 6) is -13.4. The smallest absolute Gasteiger partial charge is 0.417 e. The second-order valence-corrected chi connectivity index (χ2v) is 46.3. The number of primary amides is 1. The lowest BCUT2D eigenvalue weighted by molar-refractivity contribution is -0.143. The number of imide groups is 2. The molecule has 0 unspecified atom stereocenters. The van der Waals surface area contributed by atoms with E-state index in [1.54, 1.807) is 60.7 Å². The second kappa shape index (κ2) is 44.6. The number of rotatable bonds is 38. The van der Waals surface area contributed by atoms with Crippen molar-refractivity contribution in [3.8, 4) is 22.3 Å². The Morgan fingerprint density at radius 2 is 0.774 bits per heavy atom. The van der Waals surface area contributed by atoms with Gasteiger partial charge in [-0.3, -0.25) is 62.3 Å². The number of imidazole rings is 1. The molecule has 15 amide bonds. The monoisotopic (exact) mass is 1890 g/mol. The van der Waals surface area contributed by atoms with Gasteiger partial charge in [0.25, 0.3) is 11.8 Å². The third-order valence-electron chi connectivity index (χ3n) is 25.3. The summed E-state index contributed by atoms with van der Waals surface area (Å²) in [6, 6.07) is 25.3. The number of aromatic amines is 1. The number of nitrogens with two attached hydrogens (primary N) is 1. The van der Waals surface area contributed by atoms with Crippen LogP contribution in [0.1, 0.15) is 187 Å². The minimum atomic E-state index is -3.52. The summed E-state index contributed by atoms with van der Waals surface area (Å²) < 4.78 is 12.8. The molecule has 4 aliphatic rings. The van der Waals surface area contributed by atoms with Gasteiger partial charge in [-0.2, -0.15) is 0 Å². The van der Waals surface area contributed by atoms with E-state index in [0.29, 0.717) is 46.1 Å². The molecule has 708 valence electrons. The van der Waals surface area contributed by atoms with Gasteiger partial charge in [0.05, 0.1) is 12.0 Å². The Labute approximate surface area is 785 Å². The average molecular weight is 1900 g/mol. The summed E-state index contributed by atoms with van der Waals surface area (Å²) >= 11 is 14.0. The predicted octanol–water partition coefficient (Wildman–Crippen LogP) is 7.83. The van der Waals surface area contributed by atoms with Gasteiger partial charge in [0.1, 0.15) is 84.7 Å². The van der Waals surface area contributed by atoms with Crippen LogP contribution in [0.25, 0.3) is 22.3 Å². The van der Waals surface area contributed by atoms with E-state index in [1.165, 1.54) is 95.6 Å². The van der Waals surface area contributed by atoms with Crippen molar-refractivity contribution < 1.29 is 81.4 Å². The molecule has 133 heavy (non-hydrogen) atoms. The van der Waals surface area contributed by atoms with E-state index in [2.05, 4.69) is 63.1 Å². The Kier molecular flexibility index (Phi) is 34.0. The predicted molar refractivity (Wildman–Crippen MR) is 512 cm³/mol. The molecule has 36 heteroatoms. The lowest BCUT2D eigenvalue weighted by Crippen LogP contribution is -2.64. The molecule has 2 saturated carbocycles. The molecule has 4 aliphatic carbocycles. The average Bonchev–Trinajstić information content (AvgIpc) is 1.63. The number of nitrogens with zero attached hydrogens (tertiary/aromatic N) is 3. The SMILES string of the molecule is CC(=O)N[C@@H](C)C(=O)N[C@@H](C)C(=O)NC(C)(C)C(=O)N[C@@H](C)C(=O)N(C(=O)OCC1c2ccccc2-c2ccccc21)[C@H](CP(=S)(c1ccccc1)c1ccccc1)C(=O)N[C@@H](C)C(=O)N[C@@H](C)C(=O)N(C(=O)OCC1c2ccccc2-c2ccccc21)[C@@H](CP(=S)(C1CCCCC1)C1CCCCC1)C(=O)N[C@@H](Cc1c[nH]cn1)C(=O)N[C@@H](C)C(=O)NC(C)(C)C(=O)N[C@@H](C)C(N)=O. The molecule has 0 radical (unpaired) electrons. The molecule has 32 nitrogen and oxygen atoms in total. The normalized spacial score (nSPS) is 16.2. The van der Waals surface area contributed by atoms with Gasteiger partial charge < -0.3 is 73.4 Å². The van der Waals surface area contributed by atoms with Gasteiger partial charge >= 0.3 is 12.2 Å². The van der Waals surface area contributed by atoms with Gasteiger partial charge in [-0.1, -0.05) is 220 Å². The molecule has 1 aromatic heterocycles. The number of carbonyl (C=O) groups excluding carboxylic acids is 15. The van der Waals surface area contributed by atoms with Crippen LogP contribution < -0.4 is 69.5 Å². The molecule has 11 rings (SSSR count). The maximum absolute atomic E-state index is 16.6. The van der Waals surface area contributed by atoms with E-state index in [1.807, 2.05) is 97.1 Å². The number of H-pyrrole nitrogens is 1. The first-order valence-corrected chi connectivity index (χ1v) is 51.2. The number of amides is 15. The molecule has 0 bridgehead atoms. The fraction of sp³-hybridized carbons (Fsp3) is 0.443. The van der Waals surface area contributed by atoms with Crippen LogP contribution in [0.15, 0.2) is 170 Å². The number of benzene rings is 6. The first-order chi connectivity index (χ1) is 63.1. The van der Waals surface area contributed by atoms with Crippen LogP contribution in [0.3, 0.4) is 0 Å². The van der Waals surface area contributed by atoms with Crippen LogP contribution in [0, 0.1) is 0 Å². The highest BCUT2D eigenvalue weighted by Gasteiger charge is 2.50. The quantitative estimate of drug-likeness (QED) is 0.0164. The van der Waals surface area contributed by atoms with Crippen molar-refractivity contribution >= 4 is 135 Å². The summed E-state index contributed by atoms with van der Waals surface area (Å²) in [5, 5.41) is 27.2. The van der Waals surface area contributed by atoms with Crippen molar-refractivity contribution in [3.63, 3.8) is 0 Å². The van der Waals surface area contributed by atoms with E-state index < -0.39 is 197 Å². The third-order valence-corrected chi connectivity index (χ3v) is 36.8. The van der Waals surface area contributed by atoms with Crippen molar-refractivity contribution in [2.45, 2.75) is 248 Å². The maximum Gasteiger partial charge on any atom is 0.417 e. The Bertz CT molecular complexity index is 5440. The molecule has 13 N–H and O–H groups in total. The van der Waals surface area contributed by atoms with Crippen LogP contribution in [-0.4, -0.2) is 217 Å². The number of nitrogens with one attached hydrogen (secondary N) is 11. The molecular weight excluding hydrogens is 1770 g/mol. The highest BCUT2D eigenvalue weighted by atomic mass is 32.4. The van der Waals surface area contributed by atoms with E-state index in [9.17, 15) is 33.6 Å². The Balaban J connectivity index is 0.969. The van der Waals surface area contributed by atoms with Crippen LogP contribution in [0.5, 0.6) is 0 Å². The third kappa shape index (κ3) is 24.5. The molecule has 2 fully saturated rings. The van der Waals surface area contributed by atoms with E-state index >= 15 is 38.4 Å². The Hall–Kier alpha value is -12.1. The lowest BCUT2D eigenvalue weighted by atomic mass is 9.98. The number of hydrogen-bond donors (Lipinski definition) is 12. The second-order valence-electron chi connectivity index (χ2n) is 36.0. The molecule has 0 aliphatic heterocycles. The lowest BCUT2D eigenvalue weighted by Gasteiger charge is -2.44. The van der Waals surface area contributed by atoms with Gasteiger partial charge in [0, 0.05) is 49.7 Å². The molecule has 6 aromatic carbocycles. The van der Waals surface area contributed by atoms with Crippen molar-refractivity contribution in [1.29, 1.82) is 0 Å². The number of ether oxygens (including phenoxy) is 2. The van der Waals surface area contributed by atoms with E-state index in [0.717, 1.165) is 83.0 Å². The van der Waals surface area contributed by atoms with Crippen molar-refractivity contribution in [3.05, 3.63) is 198 Å². The topological polar surface area (TPSA) is 456 Å². The number of aromatic nitrogens is 2. The van der Waals surface area contributed by atoms with Gasteiger partial charge in [-0.15, -0.1) is 0 Å². The number of carbonyl (C=O) groups is 15. The molecule has 0 spiro atoms. The summed E-state index contributed by atoms with van der Waals surface area (Å²) in [5.41, 5.74) is 8.49. The largest absolute Gasteiger partial charge is 0.448 e. The molecule has 0 saturated heterocycles. The first kappa shape index (κ1) is 101.